The third-order valence-electron chi connectivity index (χ3n) is 6.01. The highest BCUT2D eigenvalue weighted by Crippen LogP contribution is 2.28. The zero-order chi connectivity index (χ0) is 29.3. The number of unbranched alkanes of at least 4 members (excludes halogenated alkanes) is 2. The maximum absolute atomic E-state index is 6.19. The zero-order valence-corrected chi connectivity index (χ0v) is 25.8. The van der Waals surface area contributed by atoms with Crippen molar-refractivity contribution in [2.24, 2.45) is 0 Å². The summed E-state index contributed by atoms with van der Waals surface area (Å²) < 4.78 is 10.6. The molecule has 0 radical (unpaired) electrons. The Hall–Kier alpha value is -2.96. The molecule has 220 valence electrons. The molecule has 0 unspecified atom stereocenters. The molecular weight excluding hydrogens is 484 g/mol. The van der Waals surface area contributed by atoms with Gasteiger partial charge in [-0.05, 0) is 84.3 Å². The van der Waals surface area contributed by atoms with Gasteiger partial charge in [0.05, 0.1) is 30.9 Å². The van der Waals surface area contributed by atoms with Gasteiger partial charge in [-0.25, -0.2) is 0 Å². The number of hydrogen-bond acceptors (Lipinski definition) is 6. The predicted molar refractivity (Wildman–Crippen MR) is 171 cm³/mol. The molecule has 0 bridgehead atoms. The quantitative estimate of drug-likeness (QED) is 0.0672. The maximum atomic E-state index is 6.19. The van der Waals surface area contributed by atoms with Gasteiger partial charge in [-0.15, -0.1) is 0 Å². The van der Waals surface area contributed by atoms with Crippen LogP contribution in [-0.4, -0.2) is 40.5 Å². The average Bonchev–Trinajstić information content (AvgIpc) is 2.96. The van der Waals surface area contributed by atoms with Crippen molar-refractivity contribution in [3.8, 4) is 5.75 Å². The highest BCUT2D eigenvalue weighted by atomic mass is 16.5. The van der Waals surface area contributed by atoms with E-state index in [1.807, 2.05) is 62.5 Å². The molecule has 0 amide bonds. The van der Waals surface area contributed by atoms with Gasteiger partial charge in [0.15, 0.2) is 0 Å². The summed E-state index contributed by atoms with van der Waals surface area (Å²) in [5, 5.41) is 6.49. The lowest BCUT2D eigenvalue weighted by Gasteiger charge is -2.27. The zero-order valence-electron chi connectivity index (χ0n) is 25.8. The molecule has 2 aromatic rings. The Kier molecular flexibility index (Phi) is 22.3. The van der Waals surface area contributed by atoms with E-state index in [9.17, 15) is 0 Å². The largest absolute Gasteiger partial charge is 0.497 e. The van der Waals surface area contributed by atoms with Crippen molar-refractivity contribution < 1.29 is 9.47 Å². The smallest absolute Gasteiger partial charge is 0.121 e. The minimum Gasteiger partial charge on any atom is -0.497 e. The van der Waals surface area contributed by atoms with Crippen LogP contribution in [0.1, 0.15) is 72.3 Å². The standard InChI is InChI=1S/C20H35N3O.C10H12O.C3H9N/c1-5-7-14-23(16-22-13-9-8-10-17(3)6-2)20-15-18(24-4)11-12-19(20)21;1-9(2)11-8-10-6-4-3-5-7-10;1-3-4-2/h6,11-12,15,22H,5,7-10,13-14,16,21H2,1-4H3;3-7H,1,8H2,2H3;4H,3H2,1-2H3/b17-6+;;. The van der Waals surface area contributed by atoms with Gasteiger partial charge in [0.25, 0.3) is 0 Å². The summed E-state index contributed by atoms with van der Waals surface area (Å²) in [5.74, 6) is 1.61. The SMILES string of the molecule is C/C=C(\C)CCCCNCN(CCCC)c1cc(OC)ccc1N.C=C(C)OCc1ccccc1.CCNC. The van der Waals surface area contributed by atoms with Crippen molar-refractivity contribution in [2.45, 2.75) is 73.3 Å². The third-order valence-corrected chi connectivity index (χ3v) is 6.01. The lowest BCUT2D eigenvalue weighted by atomic mass is 10.1. The Labute approximate surface area is 239 Å². The van der Waals surface area contributed by atoms with E-state index in [-0.39, 0.29) is 0 Å². The van der Waals surface area contributed by atoms with Crippen LogP contribution >= 0.6 is 0 Å². The molecule has 0 aliphatic heterocycles. The summed E-state index contributed by atoms with van der Waals surface area (Å²) in [6.07, 6.45) is 8.15. The Morgan fingerprint density at radius 3 is 2.31 bits per heavy atom. The highest BCUT2D eigenvalue weighted by Gasteiger charge is 2.10. The molecule has 0 spiro atoms. The van der Waals surface area contributed by atoms with Crippen molar-refractivity contribution in [3.05, 3.63) is 78.1 Å². The number of rotatable bonds is 16. The molecule has 0 saturated carbocycles. The molecule has 4 N–H and O–H groups in total. The fourth-order valence-corrected chi connectivity index (χ4v) is 3.35. The fourth-order valence-electron chi connectivity index (χ4n) is 3.35. The number of nitrogens with two attached hydrogens (primary N) is 1. The van der Waals surface area contributed by atoms with Crippen LogP contribution in [0, 0.1) is 0 Å². The van der Waals surface area contributed by atoms with Crippen LogP contribution in [0.15, 0.2) is 72.5 Å². The van der Waals surface area contributed by atoms with Gasteiger partial charge in [0.1, 0.15) is 12.4 Å². The Morgan fingerprint density at radius 2 is 1.74 bits per heavy atom. The molecule has 0 aliphatic carbocycles. The second-order valence-corrected chi connectivity index (χ2v) is 9.48. The van der Waals surface area contributed by atoms with E-state index in [4.69, 9.17) is 15.2 Å². The van der Waals surface area contributed by atoms with Crippen molar-refractivity contribution in [1.29, 1.82) is 0 Å². The first kappa shape index (κ1) is 36.0. The Bertz CT molecular complexity index is 898. The second kappa shape index (κ2) is 24.1. The number of methoxy groups -OCH3 is 1. The molecule has 39 heavy (non-hydrogen) atoms. The lowest BCUT2D eigenvalue weighted by Crippen LogP contribution is -2.36. The van der Waals surface area contributed by atoms with Gasteiger partial charge >= 0.3 is 0 Å². The summed E-state index contributed by atoms with van der Waals surface area (Å²) in [6, 6.07) is 15.9. The summed E-state index contributed by atoms with van der Waals surface area (Å²) in [4.78, 5) is 2.32. The molecule has 0 heterocycles. The topological polar surface area (TPSA) is 71.8 Å². The van der Waals surface area contributed by atoms with E-state index in [1.165, 1.54) is 36.8 Å². The molecule has 0 fully saturated rings. The molecule has 6 nitrogen and oxygen atoms in total. The maximum Gasteiger partial charge on any atom is 0.121 e. The number of allylic oxidation sites excluding steroid dienone is 3. The van der Waals surface area contributed by atoms with Crippen LogP contribution in [0.25, 0.3) is 0 Å². The average molecular weight is 541 g/mol. The van der Waals surface area contributed by atoms with Crippen molar-refractivity contribution in [3.63, 3.8) is 0 Å². The van der Waals surface area contributed by atoms with Gasteiger partial charge in [-0.2, -0.15) is 0 Å². The number of nitrogens with one attached hydrogen (secondary N) is 2. The summed E-state index contributed by atoms with van der Waals surface area (Å²) in [6.45, 7) is 18.6. The summed E-state index contributed by atoms with van der Waals surface area (Å²) >= 11 is 0. The predicted octanol–water partition coefficient (Wildman–Crippen LogP) is 7.53. The van der Waals surface area contributed by atoms with Crippen LogP contribution in [0.3, 0.4) is 0 Å². The van der Waals surface area contributed by atoms with Gasteiger partial charge in [0, 0.05) is 12.6 Å². The van der Waals surface area contributed by atoms with E-state index in [1.54, 1.807) is 7.11 Å². The first-order valence-electron chi connectivity index (χ1n) is 14.3. The second-order valence-electron chi connectivity index (χ2n) is 9.48. The molecule has 2 rings (SSSR count). The molecule has 6 heteroatoms. The van der Waals surface area contributed by atoms with E-state index in [0.717, 1.165) is 55.6 Å². The minimum absolute atomic E-state index is 0.621. The Balaban J connectivity index is 0.000000790. The van der Waals surface area contributed by atoms with Crippen LogP contribution in [0.5, 0.6) is 5.75 Å². The van der Waals surface area contributed by atoms with E-state index < -0.39 is 0 Å². The normalized spacial score (nSPS) is 10.5. The van der Waals surface area contributed by atoms with Crippen LogP contribution < -0.4 is 26.0 Å². The monoisotopic (exact) mass is 540 g/mol. The molecule has 0 saturated heterocycles. The number of nitrogen functional groups attached to an aromatic ring is 1. The number of nitrogens with zero attached hydrogens (tertiary/aromatic N) is 1. The van der Waals surface area contributed by atoms with E-state index >= 15 is 0 Å². The summed E-state index contributed by atoms with van der Waals surface area (Å²) in [7, 11) is 3.62. The van der Waals surface area contributed by atoms with Gasteiger partial charge in [0.2, 0.25) is 0 Å². The number of hydrogen-bond donors (Lipinski definition) is 3. The van der Waals surface area contributed by atoms with Crippen LogP contribution in [0.2, 0.25) is 0 Å². The van der Waals surface area contributed by atoms with Crippen molar-refractivity contribution >= 4 is 11.4 Å². The Morgan fingerprint density at radius 1 is 1.05 bits per heavy atom. The fraction of sp³-hybridized carbons (Fsp3) is 0.515. The van der Waals surface area contributed by atoms with Crippen LogP contribution in [-0.2, 0) is 11.3 Å². The van der Waals surface area contributed by atoms with E-state index in [2.05, 4.69) is 55.9 Å². The minimum atomic E-state index is 0.621. The van der Waals surface area contributed by atoms with Gasteiger partial charge in [-0.1, -0.05) is 68.8 Å². The molecule has 0 aliphatic rings. The first-order valence-corrected chi connectivity index (χ1v) is 14.3. The number of benzene rings is 2. The summed E-state index contributed by atoms with van der Waals surface area (Å²) in [5.41, 5.74) is 10.7. The third kappa shape index (κ3) is 18.9. The van der Waals surface area contributed by atoms with Crippen molar-refractivity contribution in [2.75, 3.05) is 51.1 Å². The van der Waals surface area contributed by atoms with Crippen molar-refractivity contribution in [1.82, 2.24) is 10.6 Å². The molecule has 0 atom stereocenters. The number of anilines is 2. The molecule has 2 aromatic carbocycles. The molecular formula is C33H56N4O2. The lowest BCUT2D eigenvalue weighted by molar-refractivity contribution is 0.202. The van der Waals surface area contributed by atoms with E-state index in [0.29, 0.717) is 6.61 Å². The first-order chi connectivity index (χ1) is 18.8. The molecule has 0 aromatic heterocycles. The van der Waals surface area contributed by atoms with Gasteiger partial charge in [-0.3, -0.25) is 5.32 Å². The number of ether oxygens (including phenoxy) is 2. The highest BCUT2D eigenvalue weighted by molar-refractivity contribution is 5.69. The van der Waals surface area contributed by atoms with Crippen LogP contribution in [0.4, 0.5) is 11.4 Å². The van der Waals surface area contributed by atoms with Gasteiger partial charge < -0.3 is 25.4 Å².